The Bertz CT molecular complexity index is 641. The zero-order valence-corrected chi connectivity index (χ0v) is 16.6. The fourth-order valence-corrected chi connectivity index (χ4v) is 3.72. The summed E-state index contributed by atoms with van der Waals surface area (Å²) in [4.78, 5) is 26.6. The van der Waals surface area contributed by atoms with Gasteiger partial charge >= 0.3 is 0 Å². The molecule has 0 unspecified atom stereocenters. The highest BCUT2D eigenvalue weighted by molar-refractivity contribution is 5.82. The average molecular weight is 361 g/mol. The molecule has 2 aliphatic heterocycles. The quantitative estimate of drug-likeness (QED) is 0.826. The first-order valence-corrected chi connectivity index (χ1v) is 9.88. The predicted octanol–water partition coefficient (Wildman–Crippen LogP) is 2.76. The van der Waals surface area contributed by atoms with Crippen molar-refractivity contribution in [2.75, 3.05) is 44.3 Å². The average Bonchev–Trinajstić information content (AvgIpc) is 2.67. The lowest BCUT2D eigenvalue weighted by atomic mass is 9.86. The molecule has 1 atom stereocenters. The molecule has 0 bridgehead atoms. The molecule has 0 aromatic carbocycles. The van der Waals surface area contributed by atoms with Gasteiger partial charge in [0.2, 0.25) is 5.91 Å². The number of piperidine rings is 1. The molecule has 2 fully saturated rings. The number of hydrogen-bond donors (Lipinski definition) is 0. The van der Waals surface area contributed by atoms with Crippen LogP contribution >= 0.6 is 0 Å². The molecule has 0 radical (unpaired) electrons. The second kappa shape index (κ2) is 7.91. The molecule has 144 valence electrons. The summed E-state index contributed by atoms with van der Waals surface area (Å²) in [5.74, 6) is 2.36. The van der Waals surface area contributed by atoms with E-state index in [0.717, 1.165) is 76.0 Å². The summed E-state index contributed by atoms with van der Waals surface area (Å²) in [6.07, 6.45) is 2.97. The number of anilines is 1. The fraction of sp³-hybridized carbons (Fsp3) is 0.750. The van der Waals surface area contributed by atoms with Crippen molar-refractivity contribution in [3.05, 3.63) is 17.6 Å². The van der Waals surface area contributed by atoms with Gasteiger partial charge in [-0.25, -0.2) is 9.97 Å². The van der Waals surface area contributed by atoms with Crippen LogP contribution in [0.25, 0.3) is 0 Å². The van der Waals surface area contributed by atoms with Crippen LogP contribution in [-0.4, -0.2) is 60.2 Å². The summed E-state index contributed by atoms with van der Waals surface area (Å²) in [6, 6.07) is 2.13. The number of morpholine rings is 1. The Morgan fingerprint density at radius 2 is 2.00 bits per heavy atom. The highest BCUT2D eigenvalue weighted by Crippen LogP contribution is 2.31. The first kappa shape index (κ1) is 19.1. The van der Waals surface area contributed by atoms with Crippen LogP contribution in [0.3, 0.4) is 0 Å². The molecule has 0 aliphatic carbocycles. The van der Waals surface area contributed by atoms with E-state index in [-0.39, 0.29) is 11.3 Å². The minimum Gasteiger partial charge on any atom is -0.378 e. The van der Waals surface area contributed by atoms with Crippen LogP contribution < -0.4 is 4.90 Å². The highest BCUT2D eigenvalue weighted by atomic mass is 16.5. The normalized spacial score (nSPS) is 21.8. The van der Waals surface area contributed by atoms with E-state index in [9.17, 15) is 4.79 Å². The van der Waals surface area contributed by atoms with E-state index in [4.69, 9.17) is 9.72 Å². The van der Waals surface area contributed by atoms with Crippen LogP contribution in [0.4, 0.5) is 5.82 Å². The van der Waals surface area contributed by atoms with Gasteiger partial charge in [0.25, 0.3) is 0 Å². The summed E-state index contributed by atoms with van der Waals surface area (Å²) < 4.78 is 5.45. The molecule has 1 amide bonds. The Labute approximate surface area is 156 Å². The van der Waals surface area contributed by atoms with Crippen molar-refractivity contribution >= 4 is 11.7 Å². The molecule has 3 heterocycles. The van der Waals surface area contributed by atoms with E-state index in [2.05, 4.69) is 22.9 Å². The molecular formula is C20H32N4O2. The van der Waals surface area contributed by atoms with Crippen LogP contribution in [0.15, 0.2) is 6.07 Å². The molecule has 6 nitrogen and oxygen atoms in total. The predicted molar refractivity (Wildman–Crippen MR) is 102 cm³/mol. The monoisotopic (exact) mass is 360 g/mol. The van der Waals surface area contributed by atoms with Crippen molar-refractivity contribution in [2.24, 2.45) is 5.41 Å². The molecule has 26 heavy (non-hydrogen) atoms. The minimum absolute atomic E-state index is 0.267. The van der Waals surface area contributed by atoms with Crippen molar-refractivity contribution in [1.29, 1.82) is 0 Å². The number of aryl methyl sites for hydroxylation is 1. The van der Waals surface area contributed by atoms with Crippen molar-refractivity contribution in [3.8, 4) is 0 Å². The lowest BCUT2D eigenvalue weighted by molar-refractivity contribution is -0.141. The Hall–Kier alpha value is -1.69. The number of carbonyl (C=O) groups is 1. The lowest BCUT2D eigenvalue weighted by Gasteiger charge is -2.37. The van der Waals surface area contributed by atoms with Crippen molar-refractivity contribution in [2.45, 2.75) is 52.9 Å². The lowest BCUT2D eigenvalue weighted by Crippen LogP contribution is -2.45. The molecule has 3 rings (SSSR count). The van der Waals surface area contributed by atoms with Crippen LogP contribution in [0.1, 0.15) is 57.5 Å². The molecule has 2 aliphatic rings. The maximum absolute atomic E-state index is 12.9. The number of rotatable bonds is 4. The molecule has 1 aromatic rings. The maximum Gasteiger partial charge on any atom is 0.228 e. The van der Waals surface area contributed by atoms with E-state index < -0.39 is 0 Å². The molecular weight excluding hydrogens is 328 g/mol. The number of hydrogen-bond acceptors (Lipinski definition) is 5. The smallest absolute Gasteiger partial charge is 0.228 e. The Kier molecular flexibility index (Phi) is 5.80. The summed E-state index contributed by atoms with van der Waals surface area (Å²) in [6.45, 7) is 13.0. The zero-order chi connectivity index (χ0) is 18.7. The Morgan fingerprint density at radius 3 is 2.69 bits per heavy atom. The van der Waals surface area contributed by atoms with E-state index in [0.29, 0.717) is 5.92 Å². The number of carbonyl (C=O) groups excluding carboxylic acids is 1. The molecule has 1 aromatic heterocycles. The van der Waals surface area contributed by atoms with Crippen molar-refractivity contribution < 1.29 is 9.53 Å². The first-order chi connectivity index (χ1) is 12.4. The van der Waals surface area contributed by atoms with E-state index in [1.54, 1.807) is 0 Å². The van der Waals surface area contributed by atoms with Gasteiger partial charge in [0, 0.05) is 43.6 Å². The number of ether oxygens (including phenoxy) is 1. The maximum atomic E-state index is 12.9. The Balaban J connectivity index is 1.77. The summed E-state index contributed by atoms with van der Waals surface area (Å²) in [7, 11) is 0. The number of likely N-dealkylation sites (tertiary alicyclic amines) is 1. The van der Waals surface area contributed by atoms with Gasteiger partial charge in [0.15, 0.2) is 0 Å². The standard InChI is InChI=1S/C20H32N4O2/c1-5-20(3,4)19(25)24-8-6-7-16(14-24)17-13-18(22-15(2)21-17)23-9-11-26-12-10-23/h13,16H,5-12,14H2,1-4H3/t16-/m1/s1. The van der Waals surface area contributed by atoms with Crippen molar-refractivity contribution in [3.63, 3.8) is 0 Å². The van der Waals surface area contributed by atoms with Crippen LogP contribution in [-0.2, 0) is 9.53 Å². The van der Waals surface area contributed by atoms with E-state index in [1.807, 2.05) is 25.7 Å². The molecule has 2 saturated heterocycles. The van der Waals surface area contributed by atoms with E-state index in [1.165, 1.54) is 0 Å². The third kappa shape index (κ3) is 4.17. The summed E-state index contributed by atoms with van der Waals surface area (Å²) >= 11 is 0. The van der Waals surface area contributed by atoms with Gasteiger partial charge in [-0.1, -0.05) is 20.8 Å². The molecule has 0 saturated carbocycles. The topological polar surface area (TPSA) is 58.6 Å². The van der Waals surface area contributed by atoms with Gasteiger partial charge in [0.1, 0.15) is 11.6 Å². The van der Waals surface area contributed by atoms with Crippen molar-refractivity contribution in [1.82, 2.24) is 14.9 Å². The highest BCUT2D eigenvalue weighted by Gasteiger charge is 2.34. The number of aromatic nitrogens is 2. The first-order valence-electron chi connectivity index (χ1n) is 9.88. The van der Waals surface area contributed by atoms with Gasteiger partial charge < -0.3 is 14.5 Å². The van der Waals surface area contributed by atoms with Crippen LogP contribution in [0.2, 0.25) is 0 Å². The van der Waals surface area contributed by atoms with Gasteiger partial charge in [-0.05, 0) is 26.2 Å². The molecule has 0 spiro atoms. The van der Waals surface area contributed by atoms with Crippen LogP contribution in [0, 0.1) is 12.3 Å². The zero-order valence-electron chi connectivity index (χ0n) is 16.6. The largest absolute Gasteiger partial charge is 0.378 e. The molecule has 0 N–H and O–H groups in total. The number of nitrogens with zero attached hydrogens (tertiary/aromatic N) is 4. The SMILES string of the molecule is CCC(C)(C)C(=O)N1CCC[C@@H](c2cc(N3CCOCC3)nc(C)n2)C1. The van der Waals surface area contributed by atoms with Crippen LogP contribution in [0.5, 0.6) is 0 Å². The van der Waals surface area contributed by atoms with E-state index >= 15 is 0 Å². The summed E-state index contributed by atoms with van der Waals surface area (Å²) in [5, 5.41) is 0. The van der Waals surface area contributed by atoms with Gasteiger partial charge in [0.05, 0.1) is 18.9 Å². The second-order valence-corrected chi connectivity index (χ2v) is 8.13. The summed E-state index contributed by atoms with van der Waals surface area (Å²) in [5.41, 5.74) is 0.786. The second-order valence-electron chi connectivity index (χ2n) is 8.13. The Morgan fingerprint density at radius 1 is 1.27 bits per heavy atom. The molecule has 6 heteroatoms. The number of amides is 1. The van der Waals surface area contributed by atoms with Gasteiger partial charge in [-0.2, -0.15) is 0 Å². The van der Waals surface area contributed by atoms with Gasteiger partial charge in [-0.3, -0.25) is 4.79 Å². The fourth-order valence-electron chi connectivity index (χ4n) is 3.72. The third-order valence-corrected chi connectivity index (χ3v) is 5.77. The third-order valence-electron chi connectivity index (χ3n) is 5.77. The minimum atomic E-state index is -0.289. The van der Waals surface area contributed by atoms with Gasteiger partial charge in [-0.15, -0.1) is 0 Å².